The monoisotopic (exact) mass is 395 g/mol. The second-order valence-corrected chi connectivity index (χ2v) is 6.92. The Kier molecular flexibility index (Phi) is 5.14. The quantitative estimate of drug-likeness (QED) is 0.729. The number of carbonyl (C=O) groups is 2. The molecule has 0 atom stereocenters. The summed E-state index contributed by atoms with van der Waals surface area (Å²) in [6, 6.07) is 8.50. The van der Waals surface area contributed by atoms with Gasteiger partial charge in [-0.1, -0.05) is 18.2 Å². The molecule has 28 heavy (non-hydrogen) atoms. The van der Waals surface area contributed by atoms with Crippen molar-refractivity contribution in [2.24, 2.45) is 0 Å². The summed E-state index contributed by atoms with van der Waals surface area (Å²) in [6.45, 7) is 0.0574. The van der Waals surface area contributed by atoms with Crippen LogP contribution in [0.15, 0.2) is 42.5 Å². The van der Waals surface area contributed by atoms with Crippen LogP contribution in [0.5, 0.6) is 0 Å². The van der Waals surface area contributed by atoms with Crippen LogP contribution in [0.4, 0.5) is 17.6 Å². The molecule has 1 amide bonds. The Labute approximate surface area is 158 Å². The average Bonchev–Trinajstić information content (AvgIpc) is 3.40. The van der Waals surface area contributed by atoms with Crippen LogP contribution in [-0.4, -0.2) is 23.5 Å². The van der Waals surface area contributed by atoms with Gasteiger partial charge in [-0.25, -0.2) is 9.18 Å². The van der Waals surface area contributed by atoms with Crippen molar-refractivity contribution in [1.29, 1.82) is 0 Å². The minimum absolute atomic E-state index is 0.0127. The van der Waals surface area contributed by atoms with Gasteiger partial charge < -0.3 is 10.4 Å². The molecule has 1 aliphatic carbocycles. The maximum absolute atomic E-state index is 13.7. The molecule has 0 spiro atoms. The Bertz CT molecular complexity index is 920. The number of alkyl halides is 3. The maximum atomic E-state index is 13.7. The molecule has 0 unspecified atom stereocenters. The van der Waals surface area contributed by atoms with Crippen LogP contribution in [0.2, 0.25) is 0 Å². The summed E-state index contributed by atoms with van der Waals surface area (Å²) in [5.41, 5.74) is -1.24. The molecule has 3 rings (SSSR count). The SMILES string of the molecule is O=C(Cc1ccccc1C(=O)O)NCC1(c2cc(F)cc(C(F)(F)F)c2)CC1. The predicted molar refractivity (Wildman–Crippen MR) is 92.4 cm³/mol. The molecule has 8 heteroatoms. The number of carboxylic acids is 1. The first-order chi connectivity index (χ1) is 13.1. The second kappa shape index (κ2) is 7.26. The van der Waals surface area contributed by atoms with Crippen LogP contribution in [-0.2, 0) is 22.8 Å². The van der Waals surface area contributed by atoms with Crippen LogP contribution in [0.3, 0.4) is 0 Å². The lowest BCUT2D eigenvalue weighted by Gasteiger charge is -2.19. The standard InChI is InChI=1S/C20H17F4NO3/c21-15-9-13(8-14(10-15)20(22,23)24)19(5-6-19)11-25-17(26)7-12-3-1-2-4-16(12)18(27)28/h1-4,8-10H,5-7,11H2,(H,25,26)(H,27,28). The van der Waals surface area contributed by atoms with E-state index < -0.39 is 34.8 Å². The van der Waals surface area contributed by atoms with E-state index in [0.29, 0.717) is 24.5 Å². The molecule has 0 saturated heterocycles. The van der Waals surface area contributed by atoms with Gasteiger partial charge in [-0.2, -0.15) is 13.2 Å². The van der Waals surface area contributed by atoms with Crippen molar-refractivity contribution in [3.63, 3.8) is 0 Å². The Balaban J connectivity index is 1.71. The Morgan fingerprint density at radius 2 is 1.79 bits per heavy atom. The Morgan fingerprint density at radius 3 is 2.39 bits per heavy atom. The fourth-order valence-corrected chi connectivity index (χ4v) is 3.16. The number of carbonyl (C=O) groups excluding carboxylic acids is 1. The highest BCUT2D eigenvalue weighted by molar-refractivity contribution is 5.91. The third-order valence-corrected chi connectivity index (χ3v) is 4.91. The summed E-state index contributed by atoms with van der Waals surface area (Å²) in [7, 11) is 0. The van der Waals surface area contributed by atoms with Gasteiger partial charge in [0.05, 0.1) is 17.5 Å². The molecule has 0 bridgehead atoms. The summed E-state index contributed by atoms with van der Waals surface area (Å²) < 4.78 is 52.5. The van der Waals surface area contributed by atoms with E-state index in [-0.39, 0.29) is 24.1 Å². The average molecular weight is 395 g/mol. The van der Waals surface area contributed by atoms with Gasteiger partial charge in [0.2, 0.25) is 5.91 Å². The number of aromatic carboxylic acids is 1. The zero-order valence-electron chi connectivity index (χ0n) is 14.6. The van der Waals surface area contributed by atoms with Gasteiger partial charge >= 0.3 is 12.1 Å². The number of halogens is 4. The minimum Gasteiger partial charge on any atom is -0.478 e. The number of rotatable bonds is 6. The van der Waals surface area contributed by atoms with E-state index in [2.05, 4.69) is 5.32 Å². The number of benzene rings is 2. The molecule has 0 radical (unpaired) electrons. The van der Waals surface area contributed by atoms with E-state index in [1.807, 2.05) is 0 Å². The molecular weight excluding hydrogens is 378 g/mol. The molecule has 0 aromatic heterocycles. The van der Waals surface area contributed by atoms with Gasteiger partial charge in [0.25, 0.3) is 0 Å². The second-order valence-electron chi connectivity index (χ2n) is 6.92. The minimum atomic E-state index is -4.66. The Hall–Kier alpha value is -2.90. The van der Waals surface area contributed by atoms with Crippen LogP contribution < -0.4 is 5.32 Å². The molecule has 148 valence electrons. The highest BCUT2D eigenvalue weighted by atomic mass is 19.4. The van der Waals surface area contributed by atoms with Gasteiger partial charge in [0.1, 0.15) is 5.82 Å². The molecule has 1 fully saturated rings. The number of amides is 1. The summed E-state index contributed by atoms with van der Waals surface area (Å²) in [5.74, 6) is -2.58. The third kappa shape index (κ3) is 4.32. The van der Waals surface area contributed by atoms with Crippen molar-refractivity contribution in [3.05, 3.63) is 70.5 Å². The van der Waals surface area contributed by atoms with Crippen LogP contribution in [0, 0.1) is 5.82 Å². The number of hydrogen-bond acceptors (Lipinski definition) is 2. The predicted octanol–water partition coefficient (Wildman–Crippen LogP) is 3.93. The molecular formula is C20H17F4NO3. The first-order valence-corrected chi connectivity index (χ1v) is 8.57. The smallest absolute Gasteiger partial charge is 0.416 e. The fourth-order valence-electron chi connectivity index (χ4n) is 3.16. The fraction of sp³-hybridized carbons (Fsp3) is 0.300. The highest BCUT2D eigenvalue weighted by Gasteiger charge is 2.45. The molecule has 2 N–H and O–H groups in total. The van der Waals surface area contributed by atoms with Crippen LogP contribution in [0.25, 0.3) is 0 Å². The number of hydrogen-bond donors (Lipinski definition) is 2. The molecule has 4 nitrogen and oxygen atoms in total. The highest BCUT2D eigenvalue weighted by Crippen LogP contribution is 2.49. The number of carboxylic acid groups (broad SMARTS) is 1. The molecule has 0 heterocycles. The van der Waals surface area contributed by atoms with E-state index >= 15 is 0 Å². The lowest BCUT2D eigenvalue weighted by atomic mass is 9.93. The van der Waals surface area contributed by atoms with E-state index in [1.165, 1.54) is 12.1 Å². The largest absolute Gasteiger partial charge is 0.478 e. The Morgan fingerprint density at radius 1 is 1.11 bits per heavy atom. The first-order valence-electron chi connectivity index (χ1n) is 8.57. The van der Waals surface area contributed by atoms with E-state index in [9.17, 15) is 27.2 Å². The van der Waals surface area contributed by atoms with Gasteiger partial charge in [0, 0.05) is 12.0 Å². The topological polar surface area (TPSA) is 66.4 Å². The molecule has 2 aromatic rings. The zero-order chi connectivity index (χ0) is 20.5. The van der Waals surface area contributed by atoms with Crippen molar-refractivity contribution in [2.75, 3.05) is 6.54 Å². The van der Waals surface area contributed by atoms with E-state index in [0.717, 1.165) is 12.1 Å². The van der Waals surface area contributed by atoms with Crippen molar-refractivity contribution in [3.8, 4) is 0 Å². The molecule has 1 saturated carbocycles. The van der Waals surface area contributed by atoms with Crippen LogP contribution >= 0.6 is 0 Å². The van der Waals surface area contributed by atoms with Crippen molar-refractivity contribution >= 4 is 11.9 Å². The van der Waals surface area contributed by atoms with Gasteiger partial charge in [-0.3, -0.25) is 4.79 Å². The lowest BCUT2D eigenvalue weighted by molar-refractivity contribution is -0.137. The summed E-state index contributed by atoms with van der Waals surface area (Å²) in [4.78, 5) is 23.4. The summed E-state index contributed by atoms with van der Waals surface area (Å²) >= 11 is 0. The van der Waals surface area contributed by atoms with Crippen molar-refractivity contribution in [1.82, 2.24) is 5.32 Å². The zero-order valence-corrected chi connectivity index (χ0v) is 14.6. The third-order valence-electron chi connectivity index (χ3n) is 4.91. The lowest BCUT2D eigenvalue weighted by Crippen LogP contribution is -2.33. The van der Waals surface area contributed by atoms with E-state index in [1.54, 1.807) is 12.1 Å². The van der Waals surface area contributed by atoms with Crippen molar-refractivity contribution < 1.29 is 32.3 Å². The first kappa shape index (κ1) is 19.9. The molecule has 2 aromatic carbocycles. The molecule has 1 aliphatic rings. The maximum Gasteiger partial charge on any atom is 0.416 e. The van der Waals surface area contributed by atoms with Gasteiger partial charge in [-0.15, -0.1) is 0 Å². The van der Waals surface area contributed by atoms with E-state index in [4.69, 9.17) is 5.11 Å². The summed E-state index contributed by atoms with van der Waals surface area (Å²) in [5, 5.41) is 11.8. The van der Waals surface area contributed by atoms with Crippen LogP contribution in [0.1, 0.15) is 39.9 Å². The summed E-state index contributed by atoms with van der Waals surface area (Å²) in [6.07, 6.45) is -3.77. The van der Waals surface area contributed by atoms with Gasteiger partial charge in [0.15, 0.2) is 0 Å². The van der Waals surface area contributed by atoms with Gasteiger partial charge in [-0.05, 0) is 48.2 Å². The normalized spacial score (nSPS) is 15.1. The molecule has 0 aliphatic heterocycles. The number of nitrogens with one attached hydrogen (secondary N) is 1. The van der Waals surface area contributed by atoms with Crippen molar-refractivity contribution in [2.45, 2.75) is 30.9 Å².